The summed E-state index contributed by atoms with van der Waals surface area (Å²) in [7, 11) is 1.29. The van der Waals surface area contributed by atoms with E-state index in [1.165, 1.54) is 12.0 Å². The molecule has 3 amide bonds. The van der Waals surface area contributed by atoms with Crippen LogP contribution in [0.1, 0.15) is 29.5 Å². The molecule has 1 unspecified atom stereocenters. The molecule has 0 bridgehead atoms. The van der Waals surface area contributed by atoms with E-state index in [2.05, 4.69) is 10.6 Å². The number of carbonyl (C=O) groups is 4. The number of rotatable bonds is 8. The zero-order chi connectivity index (χ0) is 33.1. The molecule has 47 heavy (non-hydrogen) atoms. The summed E-state index contributed by atoms with van der Waals surface area (Å²) in [6.45, 7) is 1.20. The van der Waals surface area contributed by atoms with Crippen molar-refractivity contribution in [3.8, 4) is 0 Å². The van der Waals surface area contributed by atoms with Gasteiger partial charge in [-0.05, 0) is 72.4 Å². The normalized spacial score (nSPS) is 19.3. The highest BCUT2D eigenvalue weighted by atomic mass is 35.5. The number of ether oxygens (including phenoxy) is 1. The maximum atomic E-state index is 14.2. The zero-order valence-electron chi connectivity index (χ0n) is 26.1. The molecule has 10 nitrogen and oxygen atoms in total. The molecule has 0 radical (unpaired) electrons. The van der Waals surface area contributed by atoms with E-state index in [-0.39, 0.29) is 37.4 Å². The molecule has 12 heteroatoms. The van der Waals surface area contributed by atoms with Gasteiger partial charge in [0, 0.05) is 41.8 Å². The van der Waals surface area contributed by atoms with Gasteiger partial charge in [-0.2, -0.15) is 0 Å². The van der Waals surface area contributed by atoms with Crippen molar-refractivity contribution in [1.29, 1.82) is 0 Å². The molecular weight excluding hydrogens is 641 g/mol. The molecule has 2 fully saturated rings. The summed E-state index contributed by atoms with van der Waals surface area (Å²) in [5, 5.41) is 7.51. The van der Waals surface area contributed by atoms with Crippen molar-refractivity contribution in [1.82, 2.24) is 20.4 Å². The molecule has 2 saturated heterocycles. The lowest BCUT2D eigenvalue weighted by atomic mass is 9.85. The smallest absolute Gasteiger partial charge is 0.325 e. The van der Waals surface area contributed by atoms with Gasteiger partial charge >= 0.3 is 5.97 Å². The van der Waals surface area contributed by atoms with Crippen molar-refractivity contribution in [2.75, 3.05) is 38.3 Å². The van der Waals surface area contributed by atoms with E-state index < -0.39 is 23.6 Å². The van der Waals surface area contributed by atoms with Crippen molar-refractivity contribution in [3.05, 3.63) is 99.5 Å². The quantitative estimate of drug-likeness (QED) is 0.351. The minimum atomic E-state index is -0.951. The minimum Gasteiger partial charge on any atom is -0.468 e. The van der Waals surface area contributed by atoms with Gasteiger partial charge < -0.3 is 30.1 Å². The van der Waals surface area contributed by atoms with Gasteiger partial charge in [0.2, 0.25) is 11.8 Å². The first-order valence-electron chi connectivity index (χ1n) is 15.7. The molecule has 3 aromatic rings. The van der Waals surface area contributed by atoms with Crippen LogP contribution in [0.5, 0.6) is 0 Å². The molecule has 3 aromatic carbocycles. The van der Waals surface area contributed by atoms with E-state index in [0.29, 0.717) is 48.9 Å². The number of nitrogens with zero attached hydrogens (tertiary/aromatic N) is 3. The average Bonchev–Trinajstić information content (AvgIpc) is 3.34. The van der Waals surface area contributed by atoms with Crippen molar-refractivity contribution in [2.45, 2.75) is 49.9 Å². The number of hydrogen-bond donors (Lipinski definition) is 2. The number of hydrogen-bond acceptors (Lipinski definition) is 7. The van der Waals surface area contributed by atoms with Gasteiger partial charge in [-0.1, -0.05) is 59.6 Å². The third-order valence-corrected chi connectivity index (χ3v) is 9.97. The van der Waals surface area contributed by atoms with Crippen LogP contribution < -0.4 is 15.5 Å². The van der Waals surface area contributed by atoms with Gasteiger partial charge in [-0.25, -0.2) is 0 Å². The molecule has 2 N–H and O–H groups in total. The molecule has 0 aliphatic carbocycles. The number of amides is 3. The van der Waals surface area contributed by atoms with Gasteiger partial charge in [-0.15, -0.1) is 0 Å². The zero-order valence-corrected chi connectivity index (χ0v) is 27.6. The molecule has 6 rings (SSSR count). The van der Waals surface area contributed by atoms with E-state index in [9.17, 15) is 19.2 Å². The van der Waals surface area contributed by atoms with Crippen molar-refractivity contribution < 1.29 is 23.9 Å². The lowest BCUT2D eigenvalue weighted by Crippen LogP contribution is -2.60. The molecule has 3 heterocycles. The highest BCUT2D eigenvalue weighted by Crippen LogP contribution is 2.40. The van der Waals surface area contributed by atoms with Gasteiger partial charge in [0.1, 0.15) is 18.1 Å². The fraction of sp³-hybridized carbons (Fsp3) is 0.371. The summed E-state index contributed by atoms with van der Waals surface area (Å²) in [5.74, 6) is -1.14. The first kappa shape index (κ1) is 32.8. The topological polar surface area (TPSA) is 111 Å². The Bertz CT molecular complexity index is 1640. The summed E-state index contributed by atoms with van der Waals surface area (Å²) in [6.07, 6.45) is 1.51. The van der Waals surface area contributed by atoms with Crippen LogP contribution in [0.25, 0.3) is 0 Å². The van der Waals surface area contributed by atoms with Crippen LogP contribution >= 0.6 is 23.2 Å². The lowest BCUT2D eigenvalue weighted by molar-refractivity contribution is -0.147. The summed E-state index contributed by atoms with van der Waals surface area (Å²) in [4.78, 5) is 59.1. The number of esters is 1. The van der Waals surface area contributed by atoms with Crippen LogP contribution in [0.15, 0.2) is 72.8 Å². The number of nitrogens with one attached hydrogen (secondary N) is 2. The standard InChI is InChI=1S/C35H37Cl2N5O5/c1-47-31(43)21-41-22-42(28-12-10-27(37)11-13-28)35(34(41)46)14-16-40(17-15-35)33(45)30(18-23-6-8-26(36)9-7-23)39-32(44)29-19-24-4-2-3-5-25(24)20-38-29/h2-13,29-30,38H,14-22H2,1H3,(H,39,44)/t29?,30-/m1/s1. The first-order valence-corrected chi connectivity index (χ1v) is 16.5. The number of fused-ring (bicyclic) bond motifs is 1. The molecule has 3 aliphatic heterocycles. The van der Waals surface area contributed by atoms with E-state index in [1.807, 2.05) is 53.4 Å². The Balaban J connectivity index is 1.20. The second kappa shape index (κ2) is 13.9. The first-order chi connectivity index (χ1) is 22.7. The molecular formula is C35H37Cl2N5O5. The summed E-state index contributed by atoms with van der Waals surface area (Å²) >= 11 is 12.3. The van der Waals surface area contributed by atoms with E-state index in [0.717, 1.165) is 22.4 Å². The van der Waals surface area contributed by atoms with Crippen molar-refractivity contribution >= 4 is 52.6 Å². The van der Waals surface area contributed by atoms with E-state index >= 15 is 0 Å². The maximum absolute atomic E-state index is 14.2. The van der Waals surface area contributed by atoms with Gasteiger partial charge in [0.15, 0.2) is 0 Å². The molecule has 2 atom stereocenters. The number of likely N-dealkylation sites (tertiary alicyclic amines) is 1. The Morgan fingerprint density at radius 1 is 0.957 bits per heavy atom. The van der Waals surface area contributed by atoms with Crippen LogP contribution in [-0.4, -0.2) is 84.5 Å². The maximum Gasteiger partial charge on any atom is 0.325 e. The van der Waals surface area contributed by atoms with Crippen LogP contribution in [0.4, 0.5) is 5.69 Å². The third-order valence-electron chi connectivity index (χ3n) is 9.47. The molecule has 1 spiro atoms. The molecule has 246 valence electrons. The Kier molecular flexibility index (Phi) is 9.72. The Morgan fingerprint density at radius 2 is 1.60 bits per heavy atom. The number of carbonyl (C=O) groups excluding carboxylic acids is 4. The van der Waals surface area contributed by atoms with Crippen LogP contribution in [0.3, 0.4) is 0 Å². The summed E-state index contributed by atoms with van der Waals surface area (Å²) in [5.41, 5.74) is 2.98. The number of methoxy groups -OCH3 is 1. The van der Waals surface area contributed by atoms with Gasteiger partial charge in [0.25, 0.3) is 5.91 Å². The van der Waals surface area contributed by atoms with E-state index in [1.54, 1.807) is 29.2 Å². The van der Waals surface area contributed by atoms with Crippen LogP contribution in [0.2, 0.25) is 10.0 Å². The van der Waals surface area contributed by atoms with Crippen LogP contribution in [0, 0.1) is 0 Å². The Hall–Kier alpha value is -4.12. The predicted molar refractivity (Wildman–Crippen MR) is 179 cm³/mol. The largest absolute Gasteiger partial charge is 0.468 e. The molecule has 0 saturated carbocycles. The third kappa shape index (κ3) is 6.95. The fourth-order valence-electron chi connectivity index (χ4n) is 6.84. The highest BCUT2D eigenvalue weighted by Gasteiger charge is 2.54. The molecule has 0 aromatic heterocycles. The Labute approximate surface area is 283 Å². The minimum absolute atomic E-state index is 0.168. The lowest BCUT2D eigenvalue weighted by Gasteiger charge is -2.44. The average molecular weight is 679 g/mol. The SMILES string of the molecule is COC(=O)CN1CN(c2ccc(Cl)cc2)C2(CCN(C(=O)[C@@H](Cc3ccc(Cl)cc3)NC(=O)C3Cc4ccccc4CN3)CC2)C1=O. The number of piperidine rings is 1. The van der Waals surface area contributed by atoms with Gasteiger partial charge in [0.05, 0.1) is 19.8 Å². The van der Waals surface area contributed by atoms with Gasteiger partial charge in [-0.3, -0.25) is 19.2 Å². The number of benzene rings is 3. The van der Waals surface area contributed by atoms with Crippen molar-refractivity contribution in [3.63, 3.8) is 0 Å². The Morgan fingerprint density at radius 3 is 2.26 bits per heavy atom. The number of anilines is 1. The highest BCUT2D eigenvalue weighted by molar-refractivity contribution is 6.30. The monoisotopic (exact) mass is 677 g/mol. The van der Waals surface area contributed by atoms with Crippen molar-refractivity contribution in [2.24, 2.45) is 0 Å². The summed E-state index contributed by atoms with van der Waals surface area (Å²) in [6, 6.07) is 21.2. The fourth-order valence-corrected chi connectivity index (χ4v) is 7.09. The summed E-state index contributed by atoms with van der Waals surface area (Å²) < 4.78 is 4.85. The second-order valence-corrected chi connectivity index (χ2v) is 13.2. The van der Waals surface area contributed by atoms with E-state index in [4.69, 9.17) is 27.9 Å². The predicted octanol–water partition coefficient (Wildman–Crippen LogP) is 3.58. The second-order valence-electron chi connectivity index (χ2n) is 12.3. The van der Waals surface area contributed by atoms with Crippen LogP contribution in [-0.2, 0) is 43.3 Å². The molecule has 3 aliphatic rings. The number of halogens is 2.